The summed E-state index contributed by atoms with van der Waals surface area (Å²) in [5.74, 6) is -0.615. The first kappa shape index (κ1) is 21.6. The van der Waals surface area contributed by atoms with Gasteiger partial charge in [0, 0.05) is 13.1 Å². The second-order valence-electron chi connectivity index (χ2n) is 6.95. The summed E-state index contributed by atoms with van der Waals surface area (Å²) in [6, 6.07) is 15.2. The lowest BCUT2D eigenvalue weighted by Gasteiger charge is -2.29. The van der Waals surface area contributed by atoms with Crippen LogP contribution in [0.3, 0.4) is 0 Å². The maximum Gasteiger partial charge on any atom is 0.242 e. The Bertz CT molecular complexity index is 747. The van der Waals surface area contributed by atoms with Gasteiger partial charge in [-0.3, -0.25) is 9.59 Å². The zero-order chi connectivity index (χ0) is 20.4. The molecule has 0 heterocycles. The van der Waals surface area contributed by atoms with Gasteiger partial charge in [0.15, 0.2) is 0 Å². The van der Waals surface area contributed by atoms with Crippen molar-refractivity contribution in [2.24, 2.45) is 0 Å². The number of carbonyl (C=O) groups excluding carboxylic acids is 2. The fraction of sp³-hybridized carbons (Fsp3) is 0.391. The van der Waals surface area contributed by atoms with Crippen LogP contribution in [0.1, 0.15) is 37.8 Å². The number of hydrogen-bond donors (Lipinski definition) is 1. The minimum absolute atomic E-state index is 0.138. The van der Waals surface area contributed by atoms with Crippen LogP contribution in [0.2, 0.25) is 0 Å². The van der Waals surface area contributed by atoms with E-state index in [-0.39, 0.29) is 24.1 Å². The zero-order valence-corrected chi connectivity index (χ0v) is 16.7. The standard InChI is InChI=1S/C23H29FN2O2/c1-3-4-15-25-23(28)18(2)26(16-14-19-8-6-5-7-9-19)22(27)17-20-10-12-21(24)13-11-20/h5-13,18H,3-4,14-17H2,1-2H3,(H,25,28). The summed E-state index contributed by atoms with van der Waals surface area (Å²) in [5, 5.41) is 2.91. The minimum Gasteiger partial charge on any atom is -0.354 e. The number of halogens is 1. The highest BCUT2D eigenvalue weighted by Gasteiger charge is 2.25. The van der Waals surface area contributed by atoms with Crippen molar-refractivity contribution in [3.63, 3.8) is 0 Å². The van der Waals surface area contributed by atoms with E-state index in [1.807, 2.05) is 30.3 Å². The van der Waals surface area contributed by atoms with Gasteiger partial charge < -0.3 is 10.2 Å². The molecule has 1 atom stereocenters. The molecule has 0 spiro atoms. The van der Waals surface area contributed by atoms with Gasteiger partial charge in [-0.15, -0.1) is 0 Å². The van der Waals surface area contributed by atoms with Crippen LogP contribution >= 0.6 is 0 Å². The van der Waals surface area contributed by atoms with Gasteiger partial charge in [0.05, 0.1) is 6.42 Å². The molecule has 0 fully saturated rings. The third-order valence-corrected chi connectivity index (χ3v) is 4.75. The van der Waals surface area contributed by atoms with Crippen LogP contribution in [0.4, 0.5) is 4.39 Å². The molecule has 2 aromatic rings. The van der Waals surface area contributed by atoms with Crippen LogP contribution in [0, 0.1) is 5.82 Å². The number of nitrogens with one attached hydrogen (secondary N) is 1. The predicted molar refractivity (Wildman–Crippen MR) is 109 cm³/mol. The van der Waals surface area contributed by atoms with Gasteiger partial charge >= 0.3 is 0 Å². The Morgan fingerprint density at radius 1 is 1.04 bits per heavy atom. The van der Waals surface area contributed by atoms with E-state index in [1.165, 1.54) is 12.1 Å². The van der Waals surface area contributed by atoms with Crippen LogP contribution in [0.25, 0.3) is 0 Å². The largest absolute Gasteiger partial charge is 0.354 e. The molecule has 0 aliphatic rings. The first-order chi connectivity index (χ1) is 13.5. The lowest BCUT2D eigenvalue weighted by Crippen LogP contribution is -2.49. The minimum atomic E-state index is -0.562. The molecule has 28 heavy (non-hydrogen) atoms. The smallest absolute Gasteiger partial charge is 0.242 e. The molecule has 5 heteroatoms. The molecule has 0 aliphatic heterocycles. The molecule has 0 radical (unpaired) electrons. The Hall–Kier alpha value is -2.69. The molecule has 1 N–H and O–H groups in total. The fourth-order valence-corrected chi connectivity index (χ4v) is 2.98. The van der Waals surface area contributed by atoms with E-state index < -0.39 is 6.04 Å². The molecule has 0 saturated carbocycles. The fourth-order valence-electron chi connectivity index (χ4n) is 2.98. The lowest BCUT2D eigenvalue weighted by atomic mass is 10.1. The monoisotopic (exact) mass is 384 g/mol. The van der Waals surface area contributed by atoms with E-state index in [0.717, 1.165) is 24.0 Å². The molecule has 0 bridgehead atoms. The summed E-state index contributed by atoms with van der Waals surface area (Å²) < 4.78 is 13.1. The van der Waals surface area contributed by atoms with Crippen LogP contribution in [-0.2, 0) is 22.4 Å². The van der Waals surface area contributed by atoms with E-state index in [2.05, 4.69) is 12.2 Å². The summed E-state index contributed by atoms with van der Waals surface area (Å²) >= 11 is 0. The maximum absolute atomic E-state index is 13.1. The van der Waals surface area contributed by atoms with Crippen molar-refractivity contribution in [3.05, 3.63) is 71.5 Å². The topological polar surface area (TPSA) is 49.4 Å². The van der Waals surface area contributed by atoms with Crippen molar-refractivity contribution in [1.82, 2.24) is 10.2 Å². The lowest BCUT2D eigenvalue weighted by molar-refractivity contribution is -0.139. The molecule has 4 nitrogen and oxygen atoms in total. The molecule has 1 unspecified atom stereocenters. The Morgan fingerprint density at radius 3 is 2.36 bits per heavy atom. The number of rotatable bonds is 10. The van der Waals surface area contributed by atoms with E-state index in [9.17, 15) is 14.0 Å². The molecule has 2 amide bonds. The van der Waals surface area contributed by atoms with Crippen molar-refractivity contribution in [1.29, 1.82) is 0 Å². The van der Waals surface area contributed by atoms with E-state index in [4.69, 9.17) is 0 Å². The van der Waals surface area contributed by atoms with Gasteiger partial charge in [-0.25, -0.2) is 4.39 Å². The zero-order valence-electron chi connectivity index (χ0n) is 16.7. The third-order valence-electron chi connectivity index (χ3n) is 4.75. The van der Waals surface area contributed by atoms with Crippen molar-refractivity contribution >= 4 is 11.8 Å². The molecular formula is C23H29FN2O2. The quantitative estimate of drug-likeness (QED) is 0.635. The number of carbonyl (C=O) groups is 2. The molecule has 0 aromatic heterocycles. The third kappa shape index (κ3) is 6.80. The first-order valence-electron chi connectivity index (χ1n) is 9.86. The van der Waals surface area contributed by atoms with Crippen molar-refractivity contribution < 1.29 is 14.0 Å². The van der Waals surface area contributed by atoms with Gasteiger partial charge in [-0.2, -0.15) is 0 Å². The Kier molecular flexibility index (Phi) is 8.66. The Labute approximate surface area is 166 Å². The number of amides is 2. The van der Waals surface area contributed by atoms with Gasteiger partial charge in [0.1, 0.15) is 11.9 Å². The summed E-state index contributed by atoms with van der Waals surface area (Å²) in [6.07, 6.45) is 2.71. The second-order valence-corrected chi connectivity index (χ2v) is 6.95. The average Bonchev–Trinajstić information content (AvgIpc) is 2.70. The van der Waals surface area contributed by atoms with Crippen LogP contribution in [0.15, 0.2) is 54.6 Å². The summed E-state index contributed by atoms with van der Waals surface area (Å²) in [7, 11) is 0. The summed E-state index contributed by atoms with van der Waals surface area (Å²) in [4.78, 5) is 27.1. The number of unbranched alkanes of at least 4 members (excludes halogenated alkanes) is 1. The highest BCUT2D eigenvalue weighted by atomic mass is 19.1. The molecule has 2 aromatic carbocycles. The molecule has 2 rings (SSSR count). The molecular weight excluding hydrogens is 355 g/mol. The highest BCUT2D eigenvalue weighted by molar-refractivity contribution is 5.88. The van der Waals surface area contributed by atoms with Crippen molar-refractivity contribution in [3.8, 4) is 0 Å². The van der Waals surface area contributed by atoms with Crippen LogP contribution in [0.5, 0.6) is 0 Å². The van der Waals surface area contributed by atoms with Crippen LogP contribution < -0.4 is 5.32 Å². The summed E-state index contributed by atoms with van der Waals surface area (Å²) in [5.41, 5.74) is 1.84. The van der Waals surface area contributed by atoms with E-state index in [1.54, 1.807) is 24.0 Å². The first-order valence-corrected chi connectivity index (χ1v) is 9.86. The van der Waals surface area contributed by atoms with Crippen molar-refractivity contribution in [2.45, 2.75) is 45.6 Å². The van der Waals surface area contributed by atoms with E-state index in [0.29, 0.717) is 19.5 Å². The van der Waals surface area contributed by atoms with Gasteiger partial charge in [-0.05, 0) is 43.0 Å². The predicted octanol–water partition coefficient (Wildman–Crippen LogP) is 3.74. The number of hydrogen-bond acceptors (Lipinski definition) is 2. The van der Waals surface area contributed by atoms with Gasteiger partial charge in [0.25, 0.3) is 0 Å². The van der Waals surface area contributed by atoms with Gasteiger partial charge in [-0.1, -0.05) is 55.8 Å². The van der Waals surface area contributed by atoms with Gasteiger partial charge in [0.2, 0.25) is 11.8 Å². The summed E-state index contributed by atoms with van der Waals surface area (Å²) in [6.45, 7) is 4.88. The number of nitrogens with zero attached hydrogens (tertiary/aromatic N) is 1. The normalized spacial score (nSPS) is 11.7. The highest BCUT2D eigenvalue weighted by Crippen LogP contribution is 2.10. The van der Waals surface area contributed by atoms with Crippen molar-refractivity contribution in [2.75, 3.05) is 13.1 Å². The molecule has 0 saturated heterocycles. The van der Waals surface area contributed by atoms with E-state index >= 15 is 0 Å². The Morgan fingerprint density at radius 2 is 1.71 bits per heavy atom. The van der Waals surface area contributed by atoms with Crippen LogP contribution in [-0.4, -0.2) is 35.8 Å². The Balaban J connectivity index is 2.08. The second kappa shape index (κ2) is 11.2. The SMILES string of the molecule is CCCCNC(=O)C(C)N(CCc1ccccc1)C(=O)Cc1ccc(F)cc1. The molecule has 0 aliphatic carbocycles. The maximum atomic E-state index is 13.1. The molecule has 150 valence electrons. The average molecular weight is 384 g/mol. The number of benzene rings is 2.